The predicted octanol–water partition coefficient (Wildman–Crippen LogP) is 4.39. The van der Waals surface area contributed by atoms with Gasteiger partial charge in [-0.2, -0.15) is 0 Å². The maximum Gasteiger partial charge on any atom is 0.325 e. The van der Waals surface area contributed by atoms with Crippen molar-refractivity contribution in [2.24, 2.45) is 0 Å². The molecule has 2 N–H and O–H groups in total. The smallest absolute Gasteiger partial charge is 0.325 e. The van der Waals surface area contributed by atoms with Crippen LogP contribution in [0.15, 0.2) is 42.5 Å². The van der Waals surface area contributed by atoms with E-state index in [9.17, 15) is 4.79 Å². The van der Waals surface area contributed by atoms with Crippen LogP contribution in [-0.2, 0) is 6.61 Å². The summed E-state index contributed by atoms with van der Waals surface area (Å²) >= 11 is 1.27. The number of benzene rings is 2. The zero-order chi connectivity index (χ0) is 19.2. The highest BCUT2D eigenvalue weighted by molar-refractivity contribution is 7.15. The number of carbonyl (C=O) groups excluding carboxylic acids is 1. The van der Waals surface area contributed by atoms with E-state index in [-0.39, 0.29) is 0 Å². The second kappa shape index (κ2) is 8.50. The molecular formula is C19H20N4O3S. The summed E-state index contributed by atoms with van der Waals surface area (Å²) in [4.78, 5) is 12.1. The Morgan fingerprint density at radius 1 is 1.04 bits per heavy atom. The topological polar surface area (TPSA) is 85.4 Å². The van der Waals surface area contributed by atoms with Crippen molar-refractivity contribution in [2.75, 3.05) is 17.7 Å². The number of carbonyl (C=O) groups is 1. The van der Waals surface area contributed by atoms with Gasteiger partial charge < -0.3 is 14.8 Å². The molecule has 0 radical (unpaired) electrons. The van der Waals surface area contributed by atoms with Crippen LogP contribution < -0.4 is 20.1 Å². The zero-order valence-corrected chi connectivity index (χ0v) is 16.1. The van der Waals surface area contributed by atoms with Crippen molar-refractivity contribution in [3.05, 3.63) is 58.6 Å². The van der Waals surface area contributed by atoms with Gasteiger partial charge in [0.1, 0.15) is 18.1 Å². The van der Waals surface area contributed by atoms with E-state index in [1.807, 2.05) is 32.0 Å². The normalized spacial score (nSPS) is 10.3. The van der Waals surface area contributed by atoms with Gasteiger partial charge in [0.25, 0.3) is 0 Å². The molecule has 0 atom stereocenters. The van der Waals surface area contributed by atoms with Crippen molar-refractivity contribution in [1.82, 2.24) is 10.2 Å². The minimum atomic E-state index is -0.390. The number of hydrogen-bond donors (Lipinski definition) is 2. The van der Waals surface area contributed by atoms with Gasteiger partial charge in [-0.15, -0.1) is 10.2 Å². The number of nitrogens with one attached hydrogen (secondary N) is 2. The summed E-state index contributed by atoms with van der Waals surface area (Å²) in [5.41, 5.74) is 2.78. The third-order valence-corrected chi connectivity index (χ3v) is 4.60. The number of urea groups is 1. The lowest BCUT2D eigenvalue weighted by atomic mass is 10.1. The standard InChI is InChI=1S/C19H20N4O3S/c1-12-5-4-6-13(2)17(12)26-11-16-22-23-19(27-16)21-18(24)20-14-7-9-15(25-3)10-8-14/h4-10H,11H2,1-3H3,(H2,20,21,23,24). The van der Waals surface area contributed by atoms with Crippen molar-refractivity contribution in [2.45, 2.75) is 20.5 Å². The van der Waals surface area contributed by atoms with E-state index < -0.39 is 6.03 Å². The number of aromatic nitrogens is 2. The van der Waals surface area contributed by atoms with E-state index in [0.717, 1.165) is 22.6 Å². The molecule has 0 unspecified atom stereocenters. The van der Waals surface area contributed by atoms with Crippen LogP contribution >= 0.6 is 11.3 Å². The first-order chi connectivity index (χ1) is 13.0. The van der Waals surface area contributed by atoms with Crippen LogP contribution in [0.2, 0.25) is 0 Å². The van der Waals surface area contributed by atoms with Crippen LogP contribution in [-0.4, -0.2) is 23.3 Å². The number of methoxy groups -OCH3 is 1. The highest BCUT2D eigenvalue weighted by Crippen LogP contribution is 2.25. The third-order valence-electron chi connectivity index (χ3n) is 3.78. The fourth-order valence-electron chi connectivity index (χ4n) is 2.46. The largest absolute Gasteiger partial charge is 0.497 e. The molecule has 0 aliphatic rings. The monoisotopic (exact) mass is 384 g/mol. The summed E-state index contributed by atoms with van der Waals surface area (Å²) in [5.74, 6) is 1.57. The molecule has 7 nitrogen and oxygen atoms in total. The summed E-state index contributed by atoms with van der Waals surface area (Å²) < 4.78 is 10.9. The van der Waals surface area contributed by atoms with Crippen LogP contribution in [0.1, 0.15) is 16.1 Å². The van der Waals surface area contributed by atoms with E-state index in [0.29, 0.717) is 22.4 Å². The Hall–Kier alpha value is -3.13. The second-order valence-electron chi connectivity index (χ2n) is 5.82. The van der Waals surface area contributed by atoms with Gasteiger partial charge in [-0.1, -0.05) is 29.5 Å². The Bertz CT molecular complexity index is 905. The van der Waals surface area contributed by atoms with E-state index >= 15 is 0 Å². The van der Waals surface area contributed by atoms with Crippen LogP contribution in [0.5, 0.6) is 11.5 Å². The van der Waals surface area contributed by atoms with Crippen molar-refractivity contribution < 1.29 is 14.3 Å². The van der Waals surface area contributed by atoms with Gasteiger partial charge in [-0.3, -0.25) is 5.32 Å². The molecule has 0 saturated carbocycles. The van der Waals surface area contributed by atoms with Crippen molar-refractivity contribution in [1.29, 1.82) is 0 Å². The average Bonchev–Trinajstić information content (AvgIpc) is 3.09. The Balaban J connectivity index is 1.54. The number of hydrogen-bond acceptors (Lipinski definition) is 6. The molecule has 0 fully saturated rings. The summed E-state index contributed by atoms with van der Waals surface area (Å²) in [7, 11) is 1.59. The molecule has 0 bridgehead atoms. The minimum Gasteiger partial charge on any atom is -0.497 e. The van der Waals surface area contributed by atoms with E-state index in [4.69, 9.17) is 9.47 Å². The SMILES string of the molecule is COc1ccc(NC(=O)Nc2nnc(COc3c(C)cccc3C)s2)cc1. The molecule has 1 heterocycles. The van der Waals surface area contributed by atoms with Crippen LogP contribution in [0.3, 0.4) is 0 Å². The van der Waals surface area contributed by atoms with E-state index in [1.54, 1.807) is 31.4 Å². The number of anilines is 2. The highest BCUT2D eigenvalue weighted by atomic mass is 32.1. The molecular weight excluding hydrogens is 364 g/mol. The van der Waals surface area contributed by atoms with Crippen molar-refractivity contribution in [3.63, 3.8) is 0 Å². The first kappa shape index (κ1) is 18.7. The van der Waals surface area contributed by atoms with Gasteiger partial charge >= 0.3 is 6.03 Å². The van der Waals surface area contributed by atoms with E-state index in [1.165, 1.54) is 11.3 Å². The van der Waals surface area contributed by atoms with Gasteiger partial charge in [0, 0.05) is 5.69 Å². The number of rotatable bonds is 6. The van der Waals surface area contributed by atoms with Crippen molar-refractivity contribution in [3.8, 4) is 11.5 Å². The Labute approximate surface area is 161 Å². The number of para-hydroxylation sites is 1. The molecule has 0 saturated heterocycles. The number of amides is 2. The van der Waals surface area contributed by atoms with Gasteiger partial charge in [-0.05, 0) is 49.2 Å². The average molecular weight is 384 g/mol. The molecule has 3 aromatic rings. The molecule has 2 amide bonds. The lowest BCUT2D eigenvalue weighted by molar-refractivity contribution is 0.262. The summed E-state index contributed by atoms with van der Waals surface area (Å²) in [6.07, 6.45) is 0. The molecule has 140 valence electrons. The van der Waals surface area contributed by atoms with Gasteiger partial charge in [-0.25, -0.2) is 4.79 Å². The highest BCUT2D eigenvalue weighted by Gasteiger charge is 2.10. The first-order valence-corrected chi connectivity index (χ1v) is 9.10. The molecule has 8 heteroatoms. The third kappa shape index (κ3) is 4.95. The predicted molar refractivity (Wildman–Crippen MR) is 106 cm³/mol. The number of nitrogens with zero attached hydrogens (tertiary/aromatic N) is 2. The zero-order valence-electron chi connectivity index (χ0n) is 15.3. The van der Waals surface area contributed by atoms with Crippen LogP contribution in [0.4, 0.5) is 15.6 Å². The molecule has 2 aromatic carbocycles. The fraction of sp³-hybridized carbons (Fsp3) is 0.211. The van der Waals surface area contributed by atoms with Crippen molar-refractivity contribution >= 4 is 28.2 Å². The molecule has 0 aliphatic carbocycles. The van der Waals surface area contributed by atoms with E-state index in [2.05, 4.69) is 20.8 Å². The fourth-order valence-corrected chi connectivity index (χ4v) is 3.11. The lowest BCUT2D eigenvalue weighted by Gasteiger charge is -2.10. The maximum absolute atomic E-state index is 12.1. The van der Waals surface area contributed by atoms with Crippen LogP contribution in [0.25, 0.3) is 0 Å². The molecule has 3 rings (SSSR count). The van der Waals surface area contributed by atoms with Gasteiger partial charge in [0.2, 0.25) is 5.13 Å². The molecule has 0 aliphatic heterocycles. The molecule has 1 aromatic heterocycles. The number of ether oxygens (including phenoxy) is 2. The minimum absolute atomic E-state index is 0.297. The number of aryl methyl sites for hydroxylation is 2. The maximum atomic E-state index is 12.1. The Morgan fingerprint density at radius 3 is 2.41 bits per heavy atom. The summed E-state index contributed by atoms with van der Waals surface area (Å²) in [5, 5.41) is 14.5. The first-order valence-electron chi connectivity index (χ1n) is 8.28. The molecule has 0 spiro atoms. The van der Waals surface area contributed by atoms with Crippen LogP contribution in [0, 0.1) is 13.8 Å². The molecule has 27 heavy (non-hydrogen) atoms. The lowest BCUT2D eigenvalue weighted by Crippen LogP contribution is -2.19. The Kier molecular flexibility index (Phi) is 5.87. The second-order valence-corrected chi connectivity index (χ2v) is 6.88. The van der Waals surface area contributed by atoms with Gasteiger partial charge in [0.05, 0.1) is 7.11 Å². The quantitative estimate of drug-likeness (QED) is 0.658. The van der Waals surface area contributed by atoms with Gasteiger partial charge in [0.15, 0.2) is 5.01 Å². The summed E-state index contributed by atoms with van der Waals surface area (Å²) in [6.45, 7) is 4.29. The Morgan fingerprint density at radius 2 is 1.74 bits per heavy atom. The summed E-state index contributed by atoms with van der Waals surface area (Å²) in [6, 6.07) is 12.6.